The smallest absolute Gasteiger partial charge is 0.283 e. The van der Waals surface area contributed by atoms with Gasteiger partial charge in [-0.05, 0) is 60.2 Å². The second-order valence-electron chi connectivity index (χ2n) is 8.20. The average molecular weight is 513 g/mol. The van der Waals surface area contributed by atoms with Crippen molar-refractivity contribution in [1.29, 1.82) is 5.41 Å². The number of para-hydroxylation sites is 1. The zero-order valence-electron chi connectivity index (χ0n) is 20.3. The molecule has 0 bridgehead atoms. The summed E-state index contributed by atoms with van der Waals surface area (Å²) < 4.78 is 17.4. The van der Waals surface area contributed by atoms with Crippen molar-refractivity contribution in [1.82, 2.24) is 5.01 Å². The maximum absolute atomic E-state index is 12.8. The first-order chi connectivity index (χ1) is 18.0. The van der Waals surface area contributed by atoms with Gasteiger partial charge in [0.25, 0.3) is 5.91 Å². The fourth-order valence-electron chi connectivity index (χ4n) is 3.77. The van der Waals surface area contributed by atoms with E-state index in [-0.39, 0.29) is 24.1 Å². The number of nitrogens with zero attached hydrogens (tertiary/aromatic N) is 3. The van der Waals surface area contributed by atoms with Gasteiger partial charge in [0, 0.05) is 0 Å². The van der Waals surface area contributed by atoms with E-state index in [2.05, 4.69) is 10.1 Å². The molecule has 2 heterocycles. The summed E-state index contributed by atoms with van der Waals surface area (Å²) >= 11 is 1.22. The Bertz CT molecular complexity index is 1420. The molecule has 9 heteroatoms. The van der Waals surface area contributed by atoms with Gasteiger partial charge in [0.15, 0.2) is 17.3 Å². The van der Waals surface area contributed by atoms with Crippen LogP contribution in [0.1, 0.15) is 24.2 Å². The highest BCUT2D eigenvalue weighted by molar-refractivity contribution is 8.27. The third-order valence-electron chi connectivity index (χ3n) is 5.67. The van der Waals surface area contributed by atoms with Crippen LogP contribution in [0.15, 0.2) is 94.5 Å². The highest BCUT2D eigenvalue weighted by atomic mass is 32.2. The highest BCUT2D eigenvalue weighted by Gasteiger charge is 2.35. The molecule has 1 unspecified atom stereocenters. The van der Waals surface area contributed by atoms with Crippen LogP contribution in [0.2, 0.25) is 0 Å². The van der Waals surface area contributed by atoms with Crippen molar-refractivity contribution in [3.05, 3.63) is 95.6 Å². The number of thioether (sulfide) groups is 1. The largest absolute Gasteiger partial charge is 0.493 e. The second kappa shape index (κ2) is 10.7. The van der Waals surface area contributed by atoms with Crippen LogP contribution in [-0.4, -0.2) is 40.7 Å². The summed E-state index contributed by atoms with van der Waals surface area (Å²) in [5, 5.41) is 15.4. The summed E-state index contributed by atoms with van der Waals surface area (Å²) in [7, 11) is 1.56. The third kappa shape index (κ3) is 5.41. The van der Waals surface area contributed by atoms with Gasteiger partial charge in [0.2, 0.25) is 5.17 Å². The Morgan fingerprint density at radius 3 is 2.49 bits per heavy atom. The van der Waals surface area contributed by atoms with Gasteiger partial charge in [0.05, 0.1) is 12.7 Å². The number of aliphatic imine (C=N–C) groups is 1. The molecule has 1 N–H and O–H groups in total. The number of hydrazone groups is 1. The Kier molecular flexibility index (Phi) is 7.04. The summed E-state index contributed by atoms with van der Waals surface area (Å²) in [5.41, 5.74) is 1.85. The van der Waals surface area contributed by atoms with Crippen molar-refractivity contribution in [2.24, 2.45) is 10.1 Å². The highest BCUT2D eigenvalue weighted by Crippen LogP contribution is 2.34. The van der Waals surface area contributed by atoms with E-state index in [1.807, 2.05) is 73.7 Å². The Hall–Kier alpha value is -4.37. The molecule has 1 amide bonds. The normalized spacial score (nSPS) is 16.7. The minimum absolute atomic E-state index is 0.0470. The Morgan fingerprint density at radius 1 is 1.03 bits per heavy atom. The van der Waals surface area contributed by atoms with Gasteiger partial charge in [-0.3, -0.25) is 10.2 Å². The SMILES string of the molecule is COc1cc(/C=C2/C(=N)N3N=C(COc4ccccc4)SC3=NC2=O)ccc1OC(C)c1ccccc1. The number of carbonyl (C=O) groups excluding carboxylic acids is 1. The van der Waals surface area contributed by atoms with Crippen molar-refractivity contribution >= 4 is 39.8 Å². The van der Waals surface area contributed by atoms with Crippen molar-refractivity contribution in [2.45, 2.75) is 13.0 Å². The molecule has 2 aliphatic rings. The minimum atomic E-state index is -0.499. The molecule has 3 aromatic rings. The summed E-state index contributed by atoms with van der Waals surface area (Å²) in [6, 6.07) is 24.6. The van der Waals surface area contributed by atoms with Gasteiger partial charge in [-0.1, -0.05) is 54.6 Å². The Labute approximate surface area is 218 Å². The number of carbonyl (C=O) groups is 1. The van der Waals surface area contributed by atoms with Crippen LogP contribution in [-0.2, 0) is 4.79 Å². The zero-order valence-corrected chi connectivity index (χ0v) is 21.1. The molecule has 186 valence electrons. The lowest BCUT2D eigenvalue weighted by Crippen LogP contribution is -2.35. The predicted octanol–water partition coefficient (Wildman–Crippen LogP) is 5.53. The van der Waals surface area contributed by atoms with E-state index in [4.69, 9.17) is 19.6 Å². The van der Waals surface area contributed by atoms with Crippen LogP contribution < -0.4 is 14.2 Å². The van der Waals surface area contributed by atoms with Crippen molar-refractivity contribution in [3.8, 4) is 17.2 Å². The van der Waals surface area contributed by atoms with E-state index < -0.39 is 5.91 Å². The van der Waals surface area contributed by atoms with E-state index in [9.17, 15) is 4.79 Å². The van der Waals surface area contributed by atoms with E-state index >= 15 is 0 Å². The number of nitrogens with one attached hydrogen (secondary N) is 1. The summed E-state index contributed by atoms with van der Waals surface area (Å²) in [5.74, 6) is 1.26. The number of ether oxygens (including phenoxy) is 3. The maximum Gasteiger partial charge on any atom is 0.283 e. The topological polar surface area (TPSA) is 96.6 Å². The Balaban J connectivity index is 1.32. The fraction of sp³-hybridized carbons (Fsp3) is 0.143. The van der Waals surface area contributed by atoms with Crippen LogP contribution in [0.3, 0.4) is 0 Å². The van der Waals surface area contributed by atoms with Crippen LogP contribution in [0.25, 0.3) is 6.08 Å². The molecule has 0 spiro atoms. The van der Waals surface area contributed by atoms with Gasteiger partial charge >= 0.3 is 0 Å². The molecule has 0 fully saturated rings. The number of methoxy groups -OCH3 is 1. The van der Waals surface area contributed by atoms with Gasteiger partial charge < -0.3 is 14.2 Å². The van der Waals surface area contributed by atoms with Crippen LogP contribution in [0.5, 0.6) is 17.2 Å². The second-order valence-corrected chi connectivity index (χ2v) is 9.24. The molecule has 0 aromatic heterocycles. The molecular formula is C28H24N4O4S. The summed E-state index contributed by atoms with van der Waals surface area (Å²) in [6.45, 7) is 2.18. The molecule has 37 heavy (non-hydrogen) atoms. The predicted molar refractivity (Wildman–Crippen MR) is 145 cm³/mol. The molecule has 0 saturated heterocycles. The number of amides is 1. The van der Waals surface area contributed by atoms with Crippen LogP contribution in [0, 0.1) is 5.41 Å². The molecule has 5 rings (SSSR count). The molecule has 0 saturated carbocycles. The van der Waals surface area contributed by atoms with E-state index in [0.717, 1.165) is 5.56 Å². The quantitative estimate of drug-likeness (QED) is 0.399. The molecular weight excluding hydrogens is 488 g/mol. The molecule has 0 radical (unpaired) electrons. The van der Waals surface area contributed by atoms with Gasteiger partial charge in [0.1, 0.15) is 23.5 Å². The molecule has 2 aliphatic heterocycles. The fourth-order valence-corrected chi connectivity index (χ4v) is 4.57. The van der Waals surface area contributed by atoms with Crippen LogP contribution >= 0.6 is 11.8 Å². The number of benzene rings is 3. The maximum atomic E-state index is 12.8. The molecule has 3 aromatic carbocycles. The third-order valence-corrected chi connectivity index (χ3v) is 6.56. The first kappa shape index (κ1) is 24.3. The lowest BCUT2D eigenvalue weighted by molar-refractivity contribution is -0.114. The lowest BCUT2D eigenvalue weighted by Gasteiger charge is -2.20. The van der Waals surface area contributed by atoms with E-state index in [0.29, 0.717) is 33.0 Å². The minimum Gasteiger partial charge on any atom is -0.493 e. The Morgan fingerprint density at radius 2 is 1.76 bits per heavy atom. The summed E-state index contributed by atoms with van der Waals surface area (Å²) in [4.78, 5) is 16.9. The van der Waals surface area contributed by atoms with Gasteiger partial charge in [-0.15, -0.1) is 0 Å². The van der Waals surface area contributed by atoms with Crippen LogP contribution in [0.4, 0.5) is 0 Å². The molecule has 0 aliphatic carbocycles. The monoisotopic (exact) mass is 512 g/mol. The van der Waals surface area contributed by atoms with Crippen molar-refractivity contribution in [3.63, 3.8) is 0 Å². The number of fused-ring (bicyclic) bond motifs is 1. The van der Waals surface area contributed by atoms with Crippen molar-refractivity contribution in [2.75, 3.05) is 13.7 Å². The molecule has 8 nitrogen and oxygen atoms in total. The summed E-state index contributed by atoms with van der Waals surface area (Å²) in [6.07, 6.45) is 1.43. The standard InChI is InChI=1S/C28H24N4O4S/c1-18(20-9-5-3-6-10-20)36-23-14-13-19(16-24(23)34-2)15-22-26(29)32-28(30-27(22)33)37-25(31-32)17-35-21-11-7-4-8-12-21/h3-16,18,29H,17H2,1-2H3/b22-15-,29-26?. The number of rotatable bonds is 8. The number of hydrogen-bond donors (Lipinski definition) is 1. The number of hydrogen-bond acceptors (Lipinski definition) is 7. The van der Waals surface area contributed by atoms with E-state index in [1.54, 1.807) is 25.3 Å². The average Bonchev–Trinajstić information content (AvgIpc) is 3.34. The van der Waals surface area contributed by atoms with Gasteiger partial charge in [-0.2, -0.15) is 15.1 Å². The first-order valence-electron chi connectivity index (χ1n) is 11.6. The number of amidine groups is 2. The van der Waals surface area contributed by atoms with Gasteiger partial charge in [-0.25, -0.2) is 0 Å². The zero-order chi connectivity index (χ0) is 25.8. The molecule has 1 atom stereocenters. The van der Waals surface area contributed by atoms with Crippen molar-refractivity contribution < 1.29 is 19.0 Å². The first-order valence-corrected chi connectivity index (χ1v) is 12.4. The van der Waals surface area contributed by atoms with E-state index in [1.165, 1.54) is 16.8 Å². The lowest BCUT2D eigenvalue weighted by atomic mass is 10.1.